The maximum absolute atomic E-state index is 10.8. The number of methoxy groups -OCH3 is 1. The van der Waals surface area contributed by atoms with Gasteiger partial charge in [-0.15, -0.1) is 0 Å². The number of amides is 4. The number of carboxylic acids is 1. The Bertz CT molecular complexity index is 1600. The molecule has 2 aromatic rings. The fourth-order valence-electron chi connectivity index (χ4n) is 3.07. The van der Waals surface area contributed by atoms with Gasteiger partial charge in [0.05, 0.1) is 45.1 Å². The predicted octanol–water partition coefficient (Wildman–Crippen LogP) is 0.546. The fourth-order valence-corrected chi connectivity index (χ4v) is 3.07. The second-order valence-corrected chi connectivity index (χ2v) is 11.8. The molecule has 0 aliphatic rings. The molecule has 0 aliphatic carbocycles. The minimum Gasteiger partial charge on any atom is -0.493 e. The van der Waals surface area contributed by atoms with Gasteiger partial charge in [-0.25, -0.2) is 19.6 Å². The van der Waals surface area contributed by atoms with E-state index in [4.69, 9.17) is 56.8 Å². The summed E-state index contributed by atoms with van der Waals surface area (Å²) in [5, 5.41) is 25.2. The summed E-state index contributed by atoms with van der Waals surface area (Å²) < 4.78 is 32.2. The number of imidazole rings is 2. The van der Waals surface area contributed by atoms with Crippen LogP contribution in [0.25, 0.3) is 0 Å². The molecular formula is C44H100N12O16. The summed E-state index contributed by atoms with van der Waals surface area (Å²) in [5.41, 5.74) is 24.4. The molecule has 0 saturated heterocycles. The summed E-state index contributed by atoms with van der Waals surface area (Å²) in [5.74, 6) is -4.09. The number of carbonyl (C=O) groups excluding carboxylic acids is 6. The quantitative estimate of drug-likeness (QED) is 0.0521. The summed E-state index contributed by atoms with van der Waals surface area (Å²) >= 11 is 0. The first kappa shape index (κ1) is 92.2. The van der Waals surface area contributed by atoms with Gasteiger partial charge in [-0.2, -0.15) is 0 Å². The third kappa shape index (κ3) is 50.4. The van der Waals surface area contributed by atoms with Crippen molar-refractivity contribution < 1.29 is 77.7 Å². The van der Waals surface area contributed by atoms with E-state index in [1.165, 1.54) is 31.4 Å². The molecule has 0 saturated carbocycles. The van der Waals surface area contributed by atoms with Crippen molar-refractivity contribution in [2.75, 3.05) is 61.3 Å². The fraction of sp³-hybridized carbons (Fsp3) is 0.705. The average molecular weight is 1050 g/mol. The Kier molecular flexibility index (Phi) is 78.2. The zero-order chi connectivity index (χ0) is 55.1. The molecule has 432 valence electrons. The van der Waals surface area contributed by atoms with Gasteiger partial charge in [0.25, 0.3) is 18.3 Å². The first-order valence-corrected chi connectivity index (χ1v) is 21.4. The Hall–Kier alpha value is -6.01. The van der Waals surface area contributed by atoms with Crippen molar-refractivity contribution in [2.45, 2.75) is 136 Å². The molecule has 72 heavy (non-hydrogen) atoms. The molecule has 28 heteroatoms. The van der Waals surface area contributed by atoms with E-state index in [2.05, 4.69) is 36.4 Å². The van der Waals surface area contributed by atoms with Gasteiger partial charge in [0.2, 0.25) is 29.6 Å². The van der Waals surface area contributed by atoms with E-state index in [-0.39, 0.29) is 75.6 Å². The Morgan fingerprint density at radius 3 is 1.17 bits per heavy atom. The Labute approximate surface area is 429 Å². The molecule has 2 rings (SSSR count). The molecule has 0 radical (unpaired) electrons. The number of rotatable bonds is 19. The second-order valence-electron chi connectivity index (χ2n) is 11.8. The standard InChI is InChI=1S/C7H16O3.C6H9N3O2.C6H11NO4.C6H13NO2.C5H7N3O2.C4H10N2O.C3H8N2O.2C2H6.3CH4.H2O/c1-4-8-7(9-5-2)10-6-3;1-9-3-8-4(5(7)10)6(9)11-2;1-3-11-6(10)4(7-2)5(8)9;1-4-9-6(8)5(2)7-3;1-8-2-7-3(4(6)9)5(8)10;1-3(6-2)4(5)7;1-2(4)3(5)6;2*1-2;;;;/h7H,4-6H2,1-3H3;3H,1-2H3,(H2,7,10);4,7H,3H2,1-2H3,(H,8,9);5,7H,4H2,1-3H3;2,10H,1H3,(H2,6,9);3,6H,1-2H3,(H2,5,7);2H,4H2,1H3,(H2,5,6);2*1-2H3;3*1H4;1H2. The number of aromatic hydroxyl groups is 1. The van der Waals surface area contributed by atoms with E-state index in [1.807, 2.05) is 48.5 Å². The monoisotopic (exact) mass is 1050 g/mol. The van der Waals surface area contributed by atoms with E-state index >= 15 is 0 Å². The van der Waals surface area contributed by atoms with Crippen LogP contribution in [0.4, 0.5) is 0 Å². The van der Waals surface area contributed by atoms with Crippen molar-refractivity contribution in [3.63, 3.8) is 0 Å². The molecule has 0 aromatic carbocycles. The SMILES string of the molecule is C.C.C.CC.CC.CC(N)C(N)=O.CCOC(=O)C(C)NC.CCOC(=O)C(NC)C(=O)O.CCOC(OCC)OCC.CNC(C)C(N)=O.COc1c(C(N)=O)ncn1C.Cn1cnc(C(N)=O)c1O.O. The highest BCUT2D eigenvalue weighted by atomic mass is 16.8. The number of aryl methyl sites for hydroxylation is 2. The van der Waals surface area contributed by atoms with Gasteiger partial charge in [0.1, 0.15) is 6.04 Å². The Morgan fingerprint density at radius 1 is 0.625 bits per heavy atom. The molecule has 2 heterocycles. The van der Waals surface area contributed by atoms with Gasteiger partial charge in [-0.3, -0.25) is 29.3 Å². The van der Waals surface area contributed by atoms with Crippen LogP contribution >= 0.6 is 0 Å². The second kappa shape index (κ2) is 61.1. The summed E-state index contributed by atoms with van der Waals surface area (Å²) in [6, 6.07) is -2.16. The molecule has 17 N–H and O–H groups in total. The lowest BCUT2D eigenvalue weighted by Crippen LogP contribution is -2.42. The normalized spacial score (nSPS) is 10.4. The summed E-state index contributed by atoms with van der Waals surface area (Å²) in [7, 11) is 9.54. The number of esters is 2. The van der Waals surface area contributed by atoms with Gasteiger partial charge < -0.3 is 92.5 Å². The number of primary amides is 4. The highest BCUT2D eigenvalue weighted by Gasteiger charge is 2.25. The third-order valence-electron chi connectivity index (χ3n) is 6.80. The summed E-state index contributed by atoms with van der Waals surface area (Å²) in [6.45, 7) is 24.2. The molecule has 4 amide bonds. The van der Waals surface area contributed by atoms with E-state index in [1.54, 1.807) is 67.4 Å². The minimum atomic E-state index is -1.25. The number of likely N-dealkylation sites (N-methyl/N-ethyl adjacent to an activating group) is 3. The number of nitrogens with one attached hydrogen (secondary N) is 3. The maximum atomic E-state index is 10.8. The van der Waals surface area contributed by atoms with Crippen molar-refractivity contribution in [3.8, 4) is 11.8 Å². The number of hydrogen-bond acceptors (Lipinski definition) is 20. The van der Waals surface area contributed by atoms with Gasteiger partial charge in [0.15, 0.2) is 11.4 Å². The predicted molar refractivity (Wildman–Crippen MR) is 280 cm³/mol. The first-order chi connectivity index (χ1) is 31.8. The Morgan fingerprint density at radius 2 is 0.972 bits per heavy atom. The van der Waals surface area contributed by atoms with Crippen LogP contribution in [-0.4, -0.2) is 168 Å². The van der Waals surface area contributed by atoms with E-state index < -0.39 is 48.2 Å². The molecule has 0 bridgehead atoms. The number of nitrogens with two attached hydrogens (primary N) is 5. The maximum Gasteiger partial charge on any atom is 0.334 e. The van der Waals surface area contributed by atoms with E-state index in [0.29, 0.717) is 32.3 Å². The van der Waals surface area contributed by atoms with Crippen LogP contribution in [0.3, 0.4) is 0 Å². The molecule has 0 aliphatic heterocycles. The molecular weight excluding hydrogens is 953 g/mol. The number of nitrogens with zero attached hydrogens (tertiary/aromatic N) is 4. The lowest BCUT2D eigenvalue weighted by atomic mass is 10.3. The van der Waals surface area contributed by atoms with Crippen LogP contribution in [-0.2, 0) is 61.8 Å². The number of carbonyl (C=O) groups is 7. The highest BCUT2D eigenvalue weighted by molar-refractivity contribution is 5.98. The van der Waals surface area contributed by atoms with Gasteiger partial charge in [-0.1, -0.05) is 50.0 Å². The largest absolute Gasteiger partial charge is 0.493 e. The van der Waals surface area contributed by atoms with Crippen molar-refractivity contribution in [1.82, 2.24) is 35.1 Å². The van der Waals surface area contributed by atoms with Crippen LogP contribution < -0.4 is 49.4 Å². The number of aliphatic carboxylic acids is 1. The van der Waals surface area contributed by atoms with Gasteiger partial charge >= 0.3 is 17.9 Å². The van der Waals surface area contributed by atoms with Gasteiger partial charge in [0, 0.05) is 33.9 Å². The smallest absolute Gasteiger partial charge is 0.334 e. The summed E-state index contributed by atoms with van der Waals surface area (Å²) in [4.78, 5) is 80.0. The number of ether oxygens (including phenoxy) is 6. The highest BCUT2D eigenvalue weighted by Crippen LogP contribution is 2.14. The molecule has 0 spiro atoms. The van der Waals surface area contributed by atoms with Gasteiger partial charge in [-0.05, 0) is 76.5 Å². The Balaban J connectivity index is -0.0000000660. The van der Waals surface area contributed by atoms with Crippen LogP contribution in [0.2, 0.25) is 0 Å². The number of aromatic nitrogens is 4. The first-order valence-electron chi connectivity index (χ1n) is 21.4. The molecule has 4 atom stereocenters. The molecule has 4 unspecified atom stereocenters. The molecule has 0 fully saturated rings. The summed E-state index contributed by atoms with van der Waals surface area (Å²) in [6.07, 6.45) is 2.79. The van der Waals surface area contributed by atoms with Crippen LogP contribution in [0.1, 0.15) is 126 Å². The average Bonchev–Trinajstić information content (AvgIpc) is 3.86. The lowest BCUT2D eigenvalue weighted by molar-refractivity contribution is -0.282. The lowest BCUT2D eigenvalue weighted by Gasteiger charge is -2.15. The zero-order valence-electron chi connectivity index (χ0n) is 44.0. The van der Waals surface area contributed by atoms with Crippen LogP contribution in [0, 0.1) is 0 Å². The zero-order valence-corrected chi connectivity index (χ0v) is 44.0. The minimum absolute atomic E-state index is 0. The topological polar surface area (TPSA) is 449 Å². The molecule has 2 aromatic heterocycles. The van der Waals surface area contributed by atoms with Crippen LogP contribution in [0.5, 0.6) is 11.8 Å². The van der Waals surface area contributed by atoms with Crippen molar-refractivity contribution >= 4 is 41.5 Å². The van der Waals surface area contributed by atoms with E-state index in [9.17, 15) is 33.6 Å². The van der Waals surface area contributed by atoms with Crippen molar-refractivity contribution in [3.05, 3.63) is 24.0 Å². The third-order valence-corrected chi connectivity index (χ3v) is 6.80. The molecule has 28 nitrogen and oxygen atoms in total. The van der Waals surface area contributed by atoms with Crippen molar-refractivity contribution in [2.24, 2.45) is 42.8 Å². The number of carboxylic acid groups (broad SMARTS) is 1. The van der Waals surface area contributed by atoms with Crippen LogP contribution in [0.15, 0.2) is 12.7 Å². The van der Waals surface area contributed by atoms with Crippen molar-refractivity contribution in [1.29, 1.82) is 0 Å². The number of hydrogen-bond donors (Lipinski definition) is 10. The van der Waals surface area contributed by atoms with E-state index in [0.717, 1.165) is 0 Å².